The molecular weight excluding hydrogens is 192 g/mol. The van der Waals surface area contributed by atoms with Gasteiger partial charge in [0.1, 0.15) is 7.22 Å². The molecule has 13 heavy (non-hydrogen) atoms. The first-order chi connectivity index (χ1) is 6.01. The van der Waals surface area contributed by atoms with E-state index >= 15 is 0 Å². The third-order valence-electron chi connectivity index (χ3n) is 1.54. The van der Waals surface area contributed by atoms with Crippen molar-refractivity contribution >= 4 is 24.5 Å². The highest BCUT2D eigenvalue weighted by Crippen LogP contribution is 2.28. The summed E-state index contributed by atoms with van der Waals surface area (Å²) in [6, 6.07) is 8.60. The Kier molecular flexibility index (Phi) is 3.39. The lowest BCUT2D eigenvalue weighted by Crippen LogP contribution is -2.13. The first-order valence-corrected chi connectivity index (χ1v) is 9.47. The highest BCUT2D eigenvalue weighted by atomic mass is 32.4. The van der Waals surface area contributed by atoms with Gasteiger partial charge in [-0.2, -0.15) is 11.2 Å². The van der Waals surface area contributed by atoms with Crippen molar-refractivity contribution in [1.82, 2.24) is 0 Å². The van der Waals surface area contributed by atoms with E-state index in [1.807, 2.05) is 17.3 Å². The van der Waals surface area contributed by atoms with Gasteiger partial charge in [-0.3, -0.25) is 0 Å². The molecule has 0 atom stereocenters. The molecule has 1 aromatic carbocycles. The van der Waals surface area contributed by atoms with E-state index in [0.717, 1.165) is 0 Å². The van der Waals surface area contributed by atoms with Gasteiger partial charge in [0.25, 0.3) is 0 Å². The van der Waals surface area contributed by atoms with Crippen LogP contribution >= 0.6 is 11.2 Å². The molecule has 0 unspecified atom stereocenters. The molecule has 0 radical (unpaired) electrons. The maximum Gasteiger partial charge on any atom is 0.114 e. The molecule has 0 aliphatic rings. The topological polar surface area (TPSA) is 0 Å². The Morgan fingerprint density at radius 1 is 1.15 bits per heavy atom. The molecule has 0 amide bonds. The first-order valence-electron chi connectivity index (χ1n) is 4.43. The first kappa shape index (κ1) is 10.6. The number of rotatable bonds is 3. The van der Waals surface area contributed by atoms with Gasteiger partial charge in [0, 0.05) is 4.90 Å². The molecule has 0 saturated heterocycles. The largest absolute Gasteiger partial charge is 0.152 e. The monoisotopic (exact) mass is 208 g/mol. The second-order valence-electron chi connectivity index (χ2n) is 3.99. The molecule has 0 N–H and O–H groups in total. The second kappa shape index (κ2) is 4.16. The molecule has 0 fully saturated rings. The van der Waals surface area contributed by atoms with E-state index < -0.39 is 7.22 Å². The Morgan fingerprint density at radius 3 is 2.08 bits per heavy atom. The van der Waals surface area contributed by atoms with Gasteiger partial charge in [0.05, 0.1) is 0 Å². The van der Waals surface area contributed by atoms with Crippen LogP contribution in [0.2, 0.25) is 19.6 Å². The quantitative estimate of drug-likeness (QED) is 0.669. The average molecular weight is 208 g/mol. The van der Waals surface area contributed by atoms with E-state index in [1.54, 1.807) is 0 Å². The lowest BCUT2D eigenvalue weighted by Gasteiger charge is -2.14. The Morgan fingerprint density at radius 2 is 1.69 bits per heavy atom. The Bertz CT molecular complexity index is 282. The summed E-state index contributed by atoms with van der Waals surface area (Å²) in [6.07, 6.45) is 1.88. The average Bonchev–Trinajstić information content (AvgIpc) is 2.03. The smallest absolute Gasteiger partial charge is 0.114 e. The molecule has 0 aliphatic carbocycles. The van der Waals surface area contributed by atoms with Gasteiger partial charge in [0.15, 0.2) is 0 Å². The number of hydrogen-bond donors (Lipinski definition) is 0. The van der Waals surface area contributed by atoms with Crippen LogP contribution in [0.25, 0.3) is 6.08 Å². The van der Waals surface area contributed by atoms with E-state index in [0.29, 0.717) is 0 Å². The van der Waals surface area contributed by atoms with Crippen LogP contribution in [0.1, 0.15) is 5.56 Å². The van der Waals surface area contributed by atoms with Crippen LogP contribution in [-0.4, -0.2) is 7.22 Å². The molecule has 0 saturated carbocycles. The van der Waals surface area contributed by atoms with Crippen molar-refractivity contribution in [3.63, 3.8) is 0 Å². The summed E-state index contributed by atoms with van der Waals surface area (Å²) in [6.45, 7) is 10.8. The van der Waals surface area contributed by atoms with Crippen molar-refractivity contribution in [2.45, 2.75) is 24.5 Å². The van der Waals surface area contributed by atoms with Gasteiger partial charge >= 0.3 is 0 Å². The summed E-state index contributed by atoms with van der Waals surface area (Å²) in [7, 11) is -1.03. The highest BCUT2D eigenvalue weighted by Gasteiger charge is 2.14. The molecule has 0 bridgehead atoms. The zero-order valence-corrected chi connectivity index (χ0v) is 10.3. The van der Waals surface area contributed by atoms with Crippen molar-refractivity contribution in [2.75, 3.05) is 0 Å². The maximum atomic E-state index is 3.74. The maximum absolute atomic E-state index is 3.74. The van der Waals surface area contributed by atoms with Gasteiger partial charge < -0.3 is 0 Å². The van der Waals surface area contributed by atoms with Gasteiger partial charge in [-0.1, -0.05) is 44.4 Å². The van der Waals surface area contributed by atoms with Crippen LogP contribution in [0.4, 0.5) is 0 Å². The van der Waals surface area contributed by atoms with Crippen LogP contribution in [0.15, 0.2) is 35.7 Å². The van der Waals surface area contributed by atoms with Crippen LogP contribution in [0, 0.1) is 0 Å². The van der Waals surface area contributed by atoms with Crippen molar-refractivity contribution in [2.24, 2.45) is 0 Å². The fourth-order valence-electron chi connectivity index (χ4n) is 1.03. The minimum atomic E-state index is -1.03. The van der Waals surface area contributed by atoms with Crippen LogP contribution in [0.5, 0.6) is 0 Å². The molecule has 0 aliphatic heterocycles. The minimum Gasteiger partial charge on any atom is -0.152 e. The summed E-state index contributed by atoms with van der Waals surface area (Å²) in [5.41, 5.74) is 1.19. The minimum absolute atomic E-state index is 1.03. The van der Waals surface area contributed by atoms with Crippen molar-refractivity contribution in [3.05, 3.63) is 36.4 Å². The van der Waals surface area contributed by atoms with E-state index in [9.17, 15) is 0 Å². The Balaban J connectivity index is 2.75. The molecular formula is C11H16SSi. The third-order valence-corrected chi connectivity index (χ3v) is 5.20. The van der Waals surface area contributed by atoms with Crippen molar-refractivity contribution < 1.29 is 0 Å². The van der Waals surface area contributed by atoms with Gasteiger partial charge in [-0.15, -0.1) is 0 Å². The van der Waals surface area contributed by atoms with Crippen LogP contribution in [-0.2, 0) is 0 Å². The third kappa shape index (κ3) is 3.83. The van der Waals surface area contributed by atoms with Crippen LogP contribution in [0.3, 0.4) is 0 Å². The van der Waals surface area contributed by atoms with E-state index in [-0.39, 0.29) is 0 Å². The summed E-state index contributed by atoms with van der Waals surface area (Å²) < 4.78 is 0. The molecule has 0 aromatic heterocycles. The summed E-state index contributed by atoms with van der Waals surface area (Å²) in [4.78, 5) is 1.38. The molecule has 0 heterocycles. The normalized spacial score (nSPS) is 11.3. The SMILES string of the molecule is C=Cc1ccc(S[Si](C)(C)C)cc1. The Hall–Kier alpha value is -0.473. The van der Waals surface area contributed by atoms with E-state index in [4.69, 9.17) is 0 Å². The van der Waals surface area contributed by atoms with Gasteiger partial charge in [0.2, 0.25) is 0 Å². The fourth-order valence-corrected chi connectivity index (χ4v) is 4.53. The van der Waals surface area contributed by atoms with Gasteiger partial charge in [-0.25, -0.2) is 0 Å². The van der Waals surface area contributed by atoms with E-state index in [2.05, 4.69) is 50.5 Å². The molecule has 0 spiro atoms. The number of benzene rings is 1. The standard InChI is InChI=1S/C11H16SSi/c1-5-10-6-8-11(9-7-10)12-13(2,3)4/h5-9H,1H2,2-4H3. The second-order valence-corrected chi connectivity index (χ2v) is 13.2. The van der Waals surface area contributed by atoms with E-state index in [1.165, 1.54) is 10.5 Å². The van der Waals surface area contributed by atoms with Gasteiger partial charge in [-0.05, 0) is 17.7 Å². The highest BCUT2D eigenvalue weighted by molar-refractivity contribution is 8.28. The predicted molar refractivity (Wildman–Crippen MR) is 65.7 cm³/mol. The zero-order valence-electron chi connectivity index (χ0n) is 8.50. The van der Waals surface area contributed by atoms with Crippen LogP contribution < -0.4 is 0 Å². The van der Waals surface area contributed by atoms with Crippen molar-refractivity contribution in [3.8, 4) is 0 Å². The molecule has 1 rings (SSSR count). The predicted octanol–water partition coefficient (Wildman–Crippen LogP) is 4.26. The molecule has 1 aromatic rings. The zero-order chi connectivity index (χ0) is 9.90. The molecule has 2 heteroatoms. The lowest BCUT2D eigenvalue weighted by atomic mass is 10.2. The molecule has 0 nitrogen and oxygen atoms in total. The summed E-state index contributed by atoms with van der Waals surface area (Å²) >= 11 is 2.02. The van der Waals surface area contributed by atoms with Crippen molar-refractivity contribution in [1.29, 1.82) is 0 Å². The Labute approximate surface area is 85.7 Å². The molecule has 70 valence electrons. The number of hydrogen-bond acceptors (Lipinski definition) is 1. The fraction of sp³-hybridized carbons (Fsp3) is 0.273. The summed E-state index contributed by atoms with van der Waals surface area (Å²) in [5.74, 6) is 0. The summed E-state index contributed by atoms with van der Waals surface area (Å²) in [5, 5.41) is 0. The lowest BCUT2D eigenvalue weighted by molar-refractivity contribution is 1.46.